The topological polar surface area (TPSA) is 24.9 Å². The summed E-state index contributed by atoms with van der Waals surface area (Å²) in [6.07, 6.45) is 5.25. The standard InChI is InChI=1S/C17H22N2/c1-4-9-18-14(3)13(2)11-15-7-8-17-16(12-15)6-5-10-19-17/h5-8,10-12,14,18H,4,9H2,1-3H3/b13-11+. The highest BCUT2D eigenvalue weighted by Gasteiger charge is 2.03. The molecule has 1 aromatic carbocycles. The van der Waals surface area contributed by atoms with Crippen LogP contribution in [0.25, 0.3) is 17.0 Å². The quantitative estimate of drug-likeness (QED) is 0.871. The lowest BCUT2D eigenvalue weighted by Gasteiger charge is -2.14. The summed E-state index contributed by atoms with van der Waals surface area (Å²) in [5.74, 6) is 0. The molecule has 1 aromatic heterocycles. The first-order chi connectivity index (χ1) is 9.20. The van der Waals surface area contributed by atoms with Gasteiger partial charge in [-0.25, -0.2) is 0 Å². The fraction of sp³-hybridized carbons (Fsp3) is 0.353. The highest BCUT2D eigenvalue weighted by Crippen LogP contribution is 2.16. The fourth-order valence-corrected chi connectivity index (χ4v) is 2.09. The van der Waals surface area contributed by atoms with Crippen molar-refractivity contribution in [3.63, 3.8) is 0 Å². The van der Waals surface area contributed by atoms with Crippen LogP contribution in [0.4, 0.5) is 0 Å². The number of fused-ring (bicyclic) bond motifs is 1. The molecule has 0 aliphatic rings. The molecule has 0 saturated heterocycles. The monoisotopic (exact) mass is 254 g/mol. The summed E-state index contributed by atoms with van der Waals surface area (Å²) in [6, 6.07) is 10.9. The van der Waals surface area contributed by atoms with E-state index in [1.54, 1.807) is 0 Å². The molecule has 1 atom stereocenters. The molecule has 0 aliphatic heterocycles. The van der Waals surface area contributed by atoms with E-state index in [9.17, 15) is 0 Å². The molecule has 1 heterocycles. The van der Waals surface area contributed by atoms with Gasteiger partial charge in [0.2, 0.25) is 0 Å². The zero-order valence-electron chi connectivity index (χ0n) is 12.0. The predicted octanol–water partition coefficient (Wildman–Crippen LogP) is 4.03. The van der Waals surface area contributed by atoms with Gasteiger partial charge in [0.25, 0.3) is 0 Å². The molecule has 0 amide bonds. The third-order valence-corrected chi connectivity index (χ3v) is 3.40. The minimum atomic E-state index is 0.421. The van der Waals surface area contributed by atoms with Gasteiger partial charge in [-0.05, 0) is 50.6 Å². The van der Waals surface area contributed by atoms with Crippen molar-refractivity contribution in [2.24, 2.45) is 0 Å². The van der Waals surface area contributed by atoms with Crippen molar-refractivity contribution in [3.05, 3.63) is 47.7 Å². The Morgan fingerprint density at radius 3 is 3.00 bits per heavy atom. The SMILES string of the molecule is CCCNC(C)/C(C)=C/c1ccc2ncccc2c1. The molecule has 0 bridgehead atoms. The first-order valence-corrected chi connectivity index (χ1v) is 6.97. The number of benzene rings is 1. The van der Waals surface area contributed by atoms with Gasteiger partial charge < -0.3 is 5.32 Å². The number of aromatic nitrogens is 1. The summed E-state index contributed by atoms with van der Waals surface area (Å²) in [4.78, 5) is 4.34. The third-order valence-electron chi connectivity index (χ3n) is 3.40. The van der Waals surface area contributed by atoms with Crippen LogP contribution in [0, 0.1) is 0 Å². The molecule has 1 unspecified atom stereocenters. The van der Waals surface area contributed by atoms with E-state index in [-0.39, 0.29) is 0 Å². The number of nitrogens with zero attached hydrogens (tertiary/aromatic N) is 1. The minimum Gasteiger partial charge on any atom is -0.311 e. The molecule has 2 nitrogen and oxygen atoms in total. The van der Waals surface area contributed by atoms with Crippen molar-refractivity contribution >= 4 is 17.0 Å². The summed E-state index contributed by atoms with van der Waals surface area (Å²) in [5, 5.41) is 4.70. The average Bonchev–Trinajstić information content (AvgIpc) is 2.44. The largest absolute Gasteiger partial charge is 0.311 e. The van der Waals surface area contributed by atoms with Crippen LogP contribution in [0.5, 0.6) is 0 Å². The van der Waals surface area contributed by atoms with E-state index in [2.05, 4.69) is 61.4 Å². The normalized spacial score (nSPS) is 13.7. The van der Waals surface area contributed by atoms with E-state index in [4.69, 9.17) is 0 Å². The Bertz CT molecular complexity index is 572. The molecule has 0 fully saturated rings. The summed E-state index contributed by atoms with van der Waals surface area (Å²) in [5.41, 5.74) is 3.65. The van der Waals surface area contributed by atoms with Gasteiger partial charge in [0.1, 0.15) is 0 Å². The number of nitrogens with one attached hydrogen (secondary N) is 1. The maximum Gasteiger partial charge on any atom is 0.0702 e. The number of hydrogen-bond donors (Lipinski definition) is 1. The molecular formula is C17H22N2. The van der Waals surface area contributed by atoms with Crippen LogP contribution >= 0.6 is 0 Å². The van der Waals surface area contributed by atoms with Crippen LogP contribution in [0.1, 0.15) is 32.8 Å². The van der Waals surface area contributed by atoms with Gasteiger partial charge in [0, 0.05) is 17.6 Å². The van der Waals surface area contributed by atoms with Crippen LogP contribution in [0.15, 0.2) is 42.1 Å². The second-order valence-electron chi connectivity index (χ2n) is 5.02. The number of rotatable bonds is 5. The van der Waals surface area contributed by atoms with Gasteiger partial charge in [-0.2, -0.15) is 0 Å². The van der Waals surface area contributed by atoms with Crippen molar-refractivity contribution in [1.29, 1.82) is 0 Å². The highest BCUT2D eigenvalue weighted by atomic mass is 14.9. The zero-order valence-corrected chi connectivity index (χ0v) is 12.0. The molecule has 2 rings (SSSR count). The van der Waals surface area contributed by atoms with Gasteiger partial charge in [-0.1, -0.05) is 30.7 Å². The van der Waals surface area contributed by atoms with Crippen LogP contribution in [0.2, 0.25) is 0 Å². The average molecular weight is 254 g/mol. The second kappa shape index (κ2) is 6.48. The molecule has 0 spiro atoms. The second-order valence-corrected chi connectivity index (χ2v) is 5.02. The Kier molecular flexibility index (Phi) is 4.69. The van der Waals surface area contributed by atoms with Crippen molar-refractivity contribution in [3.8, 4) is 0 Å². The Hall–Kier alpha value is -1.67. The van der Waals surface area contributed by atoms with E-state index in [0.29, 0.717) is 6.04 Å². The van der Waals surface area contributed by atoms with Crippen molar-refractivity contribution in [2.75, 3.05) is 6.54 Å². The summed E-state index contributed by atoms with van der Waals surface area (Å²) in [7, 11) is 0. The Labute approximate surface area is 115 Å². The summed E-state index contributed by atoms with van der Waals surface area (Å²) >= 11 is 0. The Morgan fingerprint density at radius 2 is 2.21 bits per heavy atom. The molecule has 100 valence electrons. The smallest absolute Gasteiger partial charge is 0.0702 e. The van der Waals surface area contributed by atoms with Gasteiger partial charge in [-0.15, -0.1) is 0 Å². The van der Waals surface area contributed by atoms with E-state index >= 15 is 0 Å². The van der Waals surface area contributed by atoms with Gasteiger partial charge in [0.05, 0.1) is 5.52 Å². The van der Waals surface area contributed by atoms with Gasteiger partial charge >= 0.3 is 0 Å². The lowest BCUT2D eigenvalue weighted by atomic mass is 10.0. The maximum absolute atomic E-state index is 4.34. The molecule has 1 N–H and O–H groups in total. The van der Waals surface area contributed by atoms with Gasteiger partial charge in [-0.3, -0.25) is 4.98 Å². The lowest BCUT2D eigenvalue weighted by Crippen LogP contribution is -2.27. The fourth-order valence-electron chi connectivity index (χ4n) is 2.09. The molecule has 0 aliphatic carbocycles. The van der Waals surface area contributed by atoms with Crippen LogP contribution in [-0.2, 0) is 0 Å². The molecule has 0 radical (unpaired) electrons. The van der Waals surface area contributed by atoms with Crippen LogP contribution in [0.3, 0.4) is 0 Å². The van der Waals surface area contributed by atoms with E-state index < -0.39 is 0 Å². The summed E-state index contributed by atoms with van der Waals surface area (Å²) in [6.45, 7) is 7.65. The van der Waals surface area contributed by atoms with E-state index in [1.807, 2.05) is 12.3 Å². The van der Waals surface area contributed by atoms with Crippen LogP contribution < -0.4 is 5.32 Å². The molecule has 2 heteroatoms. The number of hydrogen-bond acceptors (Lipinski definition) is 2. The number of pyridine rings is 1. The highest BCUT2D eigenvalue weighted by molar-refractivity contribution is 5.81. The molecule has 19 heavy (non-hydrogen) atoms. The molecule has 0 saturated carbocycles. The van der Waals surface area contributed by atoms with Gasteiger partial charge in [0.15, 0.2) is 0 Å². The first kappa shape index (κ1) is 13.8. The molecular weight excluding hydrogens is 232 g/mol. The maximum atomic E-state index is 4.34. The molecule has 2 aromatic rings. The minimum absolute atomic E-state index is 0.421. The zero-order chi connectivity index (χ0) is 13.7. The lowest BCUT2D eigenvalue weighted by molar-refractivity contribution is 0.604. The Morgan fingerprint density at radius 1 is 1.37 bits per heavy atom. The first-order valence-electron chi connectivity index (χ1n) is 6.97. The van der Waals surface area contributed by atoms with Crippen molar-refractivity contribution in [2.45, 2.75) is 33.2 Å². The van der Waals surface area contributed by atoms with Crippen LogP contribution in [-0.4, -0.2) is 17.6 Å². The Balaban J connectivity index is 2.19. The predicted molar refractivity (Wildman–Crippen MR) is 83.1 cm³/mol. The summed E-state index contributed by atoms with van der Waals surface area (Å²) < 4.78 is 0. The van der Waals surface area contributed by atoms with Crippen molar-refractivity contribution in [1.82, 2.24) is 10.3 Å². The van der Waals surface area contributed by atoms with E-state index in [1.165, 1.54) is 22.9 Å². The van der Waals surface area contributed by atoms with Crippen molar-refractivity contribution < 1.29 is 0 Å². The third kappa shape index (κ3) is 3.65. The van der Waals surface area contributed by atoms with E-state index in [0.717, 1.165) is 12.1 Å².